The van der Waals surface area contributed by atoms with Gasteiger partial charge in [0.2, 0.25) is 0 Å². The van der Waals surface area contributed by atoms with E-state index in [1.165, 1.54) is 0 Å². The first-order chi connectivity index (χ1) is 13.1. The summed E-state index contributed by atoms with van der Waals surface area (Å²) in [5.74, 6) is 1.76. The lowest BCUT2D eigenvalue weighted by Crippen LogP contribution is -2.52. The number of rotatable bonds is 6. The number of nitrogens with one attached hydrogen (secondary N) is 1. The maximum absolute atomic E-state index is 12.5. The number of benzene rings is 2. The molecule has 0 spiro atoms. The molecule has 1 saturated carbocycles. The van der Waals surface area contributed by atoms with Crippen molar-refractivity contribution in [3.05, 3.63) is 54.6 Å². The number of carbonyl (C=O) groups is 1. The molecule has 1 aliphatic carbocycles. The fraction of sp³-hybridized carbons (Fsp3) is 0.364. The van der Waals surface area contributed by atoms with Gasteiger partial charge in [-0.1, -0.05) is 37.5 Å². The standard InChI is InChI=1S/C22H24N2O3/c1-17(21(25)24-22(16-23)14-6-3-7-15-22)26-19-10-12-20(13-11-19)27-18-8-4-2-5-9-18/h2,4-5,8-13,17H,3,6-7,14-15H2,1H3,(H,24,25). The molecule has 1 unspecified atom stereocenters. The van der Waals surface area contributed by atoms with Crippen molar-refractivity contribution in [1.29, 1.82) is 5.26 Å². The van der Waals surface area contributed by atoms with Crippen LogP contribution in [0, 0.1) is 11.3 Å². The van der Waals surface area contributed by atoms with Crippen LogP contribution >= 0.6 is 0 Å². The lowest BCUT2D eigenvalue weighted by molar-refractivity contribution is -0.129. The first-order valence-corrected chi connectivity index (χ1v) is 9.33. The third-order valence-corrected chi connectivity index (χ3v) is 4.77. The Morgan fingerprint density at radius 3 is 2.22 bits per heavy atom. The largest absolute Gasteiger partial charge is 0.481 e. The molecule has 1 fully saturated rings. The van der Waals surface area contributed by atoms with Crippen LogP contribution in [-0.4, -0.2) is 17.6 Å². The van der Waals surface area contributed by atoms with E-state index in [0.29, 0.717) is 24.3 Å². The third-order valence-electron chi connectivity index (χ3n) is 4.77. The van der Waals surface area contributed by atoms with Gasteiger partial charge in [-0.05, 0) is 56.2 Å². The second kappa shape index (κ2) is 8.59. The summed E-state index contributed by atoms with van der Waals surface area (Å²) in [6.45, 7) is 1.69. The molecule has 2 aromatic rings. The minimum absolute atomic E-state index is 0.261. The van der Waals surface area contributed by atoms with Crippen LogP contribution in [0.2, 0.25) is 0 Å². The normalized spacial score (nSPS) is 16.6. The minimum atomic E-state index is -0.750. The maximum Gasteiger partial charge on any atom is 0.262 e. The number of hydrogen-bond acceptors (Lipinski definition) is 4. The van der Waals surface area contributed by atoms with Crippen LogP contribution in [-0.2, 0) is 4.79 Å². The average Bonchev–Trinajstić information content (AvgIpc) is 2.71. The van der Waals surface area contributed by atoms with Crippen molar-refractivity contribution in [3.8, 4) is 23.3 Å². The Labute approximate surface area is 159 Å². The smallest absolute Gasteiger partial charge is 0.262 e. The van der Waals surface area contributed by atoms with Gasteiger partial charge in [-0.25, -0.2) is 0 Å². The van der Waals surface area contributed by atoms with E-state index in [1.54, 1.807) is 31.2 Å². The van der Waals surface area contributed by atoms with Crippen LogP contribution in [0.1, 0.15) is 39.0 Å². The van der Waals surface area contributed by atoms with Crippen LogP contribution in [0.5, 0.6) is 17.2 Å². The molecule has 27 heavy (non-hydrogen) atoms. The number of nitrogens with zero attached hydrogens (tertiary/aromatic N) is 1. The first kappa shape index (κ1) is 18.8. The molecule has 1 N–H and O–H groups in total. The van der Waals surface area contributed by atoms with Gasteiger partial charge in [0.25, 0.3) is 5.91 Å². The highest BCUT2D eigenvalue weighted by atomic mass is 16.5. The van der Waals surface area contributed by atoms with E-state index in [0.717, 1.165) is 25.0 Å². The molecule has 5 nitrogen and oxygen atoms in total. The summed E-state index contributed by atoms with van der Waals surface area (Å²) in [5, 5.41) is 12.4. The second-order valence-electron chi connectivity index (χ2n) is 6.89. The zero-order valence-electron chi connectivity index (χ0n) is 15.5. The minimum Gasteiger partial charge on any atom is -0.481 e. The van der Waals surface area contributed by atoms with E-state index in [9.17, 15) is 10.1 Å². The zero-order chi connectivity index (χ0) is 19.1. The highest BCUT2D eigenvalue weighted by molar-refractivity contribution is 5.82. The Hall–Kier alpha value is -3.00. The molecule has 5 heteroatoms. The Kier molecular flexibility index (Phi) is 5.97. The molecule has 0 saturated heterocycles. The molecule has 0 radical (unpaired) electrons. The van der Waals surface area contributed by atoms with Crippen LogP contribution in [0.25, 0.3) is 0 Å². The molecule has 0 aliphatic heterocycles. The summed E-state index contributed by atoms with van der Waals surface area (Å²) in [7, 11) is 0. The monoisotopic (exact) mass is 364 g/mol. The van der Waals surface area contributed by atoms with Gasteiger partial charge < -0.3 is 14.8 Å². The molecule has 1 amide bonds. The molecule has 0 heterocycles. The third kappa shape index (κ3) is 5.01. The van der Waals surface area contributed by atoms with E-state index in [4.69, 9.17) is 9.47 Å². The summed E-state index contributed by atoms with van der Waals surface area (Å²) < 4.78 is 11.5. The van der Waals surface area contributed by atoms with Crippen molar-refractivity contribution in [2.75, 3.05) is 0 Å². The lowest BCUT2D eigenvalue weighted by atomic mass is 9.83. The SMILES string of the molecule is CC(Oc1ccc(Oc2ccccc2)cc1)C(=O)NC1(C#N)CCCCC1. The topological polar surface area (TPSA) is 71.3 Å². The van der Waals surface area contributed by atoms with E-state index < -0.39 is 11.6 Å². The summed E-state index contributed by atoms with van der Waals surface area (Å²) in [5.41, 5.74) is -0.750. The summed E-state index contributed by atoms with van der Waals surface area (Å²) in [6, 6.07) is 18.9. The van der Waals surface area contributed by atoms with Crippen molar-refractivity contribution in [1.82, 2.24) is 5.32 Å². The van der Waals surface area contributed by atoms with Crippen molar-refractivity contribution >= 4 is 5.91 Å². The Morgan fingerprint density at radius 2 is 1.59 bits per heavy atom. The van der Waals surface area contributed by atoms with Crippen molar-refractivity contribution in [3.63, 3.8) is 0 Å². The average molecular weight is 364 g/mol. The lowest BCUT2D eigenvalue weighted by Gasteiger charge is -2.32. The van der Waals surface area contributed by atoms with E-state index >= 15 is 0 Å². The number of ether oxygens (including phenoxy) is 2. The number of amides is 1. The molecule has 3 rings (SSSR count). The Balaban J connectivity index is 1.56. The maximum atomic E-state index is 12.5. The molecule has 140 valence electrons. The molecule has 0 aromatic heterocycles. The molecule has 0 bridgehead atoms. The van der Waals surface area contributed by atoms with Gasteiger partial charge in [-0.3, -0.25) is 4.79 Å². The van der Waals surface area contributed by atoms with E-state index in [1.807, 2.05) is 30.3 Å². The molecule has 1 atom stereocenters. The predicted octanol–water partition coefficient (Wildman–Crippen LogP) is 4.59. The quantitative estimate of drug-likeness (QED) is 0.814. The summed E-state index contributed by atoms with van der Waals surface area (Å²) >= 11 is 0. The van der Waals surface area contributed by atoms with Gasteiger partial charge >= 0.3 is 0 Å². The number of hydrogen-bond donors (Lipinski definition) is 1. The zero-order valence-corrected chi connectivity index (χ0v) is 15.5. The van der Waals surface area contributed by atoms with Gasteiger partial charge in [-0.15, -0.1) is 0 Å². The fourth-order valence-electron chi connectivity index (χ4n) is 3.23. The van der Waals surface area contributed by atoms with Crippen LogP contribution in [0.3, 0.4) is 0 Å². The van der Waals surface area contributed by atoms with Crippen molar-refractivity contribution < 1.29 is 14.3 Å². The van der Waals surface area contributed by atoms with Gasteiger partial charge in [0.1, 0.15) is 22.8 Å². The first-order valence-electron chi connectivity index (χ1n) is 9.33. The summed E-state index contributed by atoms with van der Waals surface area (Å²) in [6.07, 6.45) is 3.76. The van der Waals surface area contributed by atoms with E-state index in [-0.39, 0.29) is 5.91 Å². The number of nitriles is 1. The van der Waals surface area contributed by atoms with Gasteiger partial charge in [-0.2, -0.15) is 5.26 Å². The van der Waals surface area contributed by atoms with Crippen LogP contribution in [0.15, 0.2) is 54.6 Å². The predicted molar refractivity (Wildman–Crippen MR) is 103 cm³/mol. The van der Waals surface area contributed by atoms with Gasteiger partial charge in [0.05, 0.1) is 6.07 Å². The number of para-hydroxylation sites is 1. The number of carbonyl (C=O) groups excluding carboxylic acids is 1. The molecular formula is C22H24N2O3. The molecule has 1 aliphatic rings. The van der Waals surface area contributed by atoms with E-state index in [2.05, 4.69) is 11.4 Å². The van der Waals surface area contributed by atoms with Crippen LogP contribution in [0.4, 0.5) is 0 Å². The van der Waals surface area contributed by atoms with Gasteiger partial charge in [0.15, 0.2) is 6.10 Å². The molecular weight excluding hydrogens is 340 g/mol. The van der Waals surface area contributed by atoms with Crippen LogP contribution < -0.4 is 14.8 Å². The van der Waals surface area contributed by atoms with Gasteiger partial charge in [0, 0.05) is 0 Å². The second-order valence-corrected chi connectivity index (χ2v) is 6.89. The highest BCUT2D eigenvalue weighted by Gasteiger charge is 2.35. The van der Waals surface area contributed by atoms with Crippen molar-refractivity contribution in [2.45, 2.75) is 50.7 Å². The Bertz CT molecular complexity index is 791. The van der Waals surface area contributed by atoms with Crippen molar-refractivity contribution in [2.24, 2.45) is 0 Å². The highest BCUT2D eigenvalue weighted by Crippen LogP contribution is 2.28. The fourth-order valence-corrected chi connectivity index (χ4v) is 3.23. The Morgan fingerprint density at radius 1 is 1.00 bits per heavy atom. The summed E-state index contributed by atoms with van der Waals surface area (Å²) in [4.78, 5) is 12.5. The molecule has 2 aromatic carbocycles.